The highest BCUT2D eigenvalue weighted by molar-refractivity contribution is 5.95. The first-order valence-electron chi connectivity index (χ1n) is 13.1. The van der Waals surface area contributed by atoms with Gasteiger partial charge in [0, 0.05) is 18.2 Å². The number of methoxy groups -OCH3 is 1. The van der Waals surface area contributed by atoms with Crippen LogP contribution in [0.4, 0.5) is 0 Å². The number of aromatic hydroxyl groups is 1. The molecule has 0 saturated carbocycles. The number of rotatable bonds is 8. The fraction of sp³-hybridized carbons (Fsp3) is 0.400. The number of nitrogens with zero attached hydrogens (tertiary/aromatic N) is 1. The first-order chi connectivity index (χ1) is 18.9. The van der Waals surface area contributed by atoms with Crippen LogP contribution in [0.2, 0.25) is 0 Å². The zero-order chi connectivity index (χ0) is 27.8. The number of amides is 1. The molecule has 2 aromatic carbocycles. The van der Waals surface area contributed by atoms with Crippen molar-refractivity contribution in [3.8, 4) is 17.2 Å². The molecule has 1 unspecified atom stereocenters. The van der Waals surface area contributed by atoms with Crippen molar-refractivity contribution in [1.29, 1.82) is 0 Å². The van der Waals surface area contributed by atoms with Gasteiger partial charge in [-0.25, -0.2) is 4.98 Å². The Morgan fingerprint density at radius 1 is 1.10 bits per heavy atom. The van der Waals surface area contributed by atoms with Gasteiger partial charge in [0.25, 0.3) is 5.91 Å². The number of benzene rings is 2. The molecule has 1 fully saturated rings. The summed E-state index contributed by atoms with van der Waals surface area (Å²) < 4.78 is 23.6. The lowest BCUT2D eigenvalue weighted by molar-refractivity contribution is -0.171. The van der Waals surface area contributed by atoms with Gasteiger partial charge in [0.05, 0.1) is 26.4 Å². The first kappa shape index (κ1) is 28.4. The molecule has 1 saturated heterocycles. The van der Waals surface area contributed by atoms with Gasteiger partial charge >= 0.3 is 0 Å². The zero-order valence-corrected chi connectivity index (χ0v) is 22.4. The number of hydrogen-bond donors (Lipinski definition) is 3. The third-order valence-electron chi connectivity index (χ3n) is 6.83. The fourth-order valence-electron chi connectivity index (χ4n) is 4.63. The molecule has 208 valence electrons. The highest BCUT2D eigenvalue weighted by atomic mass is 16.6. The average molecular weight is 537 g/mol. The molecule has 0 radical (unpaired) electrons. The van der Waals surface area contributed by atoms with E-state index in [9.17, 15) is 15.0 Å². The van der Waals surface area contributed by atoms with Gasteiger partial charge in [-0.1, -0.05) is 48.0 Å². The lowest BCUT2D eigenvalue weighted by atomic mass is 9.92. The second-order valence-corrected chi connectivity index (χ2v) is 9.74. The molecule has 5 atom stereocenters. The van der Waals surface area contributed by atoms with E-state index in [-0.39, 0.29) is 24.0 Å². The predicted molar refractivity (Wildman–Crippen MR) is 145 cm³/mol. The van der Waals surface area contributed by atoms with Crippen LogP contribution in [0, 0.1) is 12.8 Å². The van der Waals surface area contributed by atoms with Crippen molar-refractivity contribution < 1.29 is 34.0 Å². The molecule has 0 aliphatic carbocycles. The van der Waals surface area contributed by atoms with Gasteiger partial charge in [0.1, 0.15) is 17.9 Å². The Kier molecular flexibility index (Phi) is 9.75. The maximum Gasteiger partial charge on any atom is 0.274 e. The lowest BCUT2D eigenvalue weighted by Crippen LogP contribution is -2.49. The zero-order valence-electron chi connectivity index (χ0n) is 22.4. The molecule has 4 rings (SSSR count). The second-order valence-electron chi connectivity index (χ2n) is 9.74. The van der Waals surface area contributed by atoms with E-state index in [4.69, 9.17) is 18.9 Å². The van der Waals surface area contributed by atoms with Crippen molar-refractivity contribution >= 4 is 5.91 Å². The normalized spacial score (nSPS) is 23.6. The second kappa shape index (κ2) is 13.4. The molecule has 3 N–H and O–H groups in total. The van der Waals surface area contributed by atoms with Gasteiger partial charge in [-0.05, 0) is 44.4 Å². The van der Waals surface area contributed by atoms with E-state index < -0.39 is 36.2 Å². The van der Waals surface area contributed by atoms with E-state index in [2.05, 4.69) is 22.4 Å². The van der Waals surface area contributed by atoms with Crippen LogP contribution in [0.5, 0.6) is 17.2 Å². The summed E-state index contributed by atoms with van der Waals surface area (Å²) in [5.74, 6) is -0.333. The summed E-state index contributed by atoms with van der Waals surface area (Å²) in [5, 5.41) is 24.0. The topological polar surface area (TPSA) is 119 Å². The Bertz CT molecular complexity index is 1210. The van der Waals surface area contributed by atoms with E-state index in [0.29, 0.717) is 12.4 Å². The van der Waals surface area contributed by atoms with E-state index in [1.807, 2.05) is 56.3 Å². The Labute approximate surface area is 228 Å². The van der Waals surface area contributed by atoms with Crippen molar-refractivity contribution in [2.45, 2.75) is 51.2 Å². The van der Waals surface area contributed by atoms with Crippen molar-refractivity contribution in [3.05, 3.63) is 83.7 Å². The van der Waals surface area contributed by atoms with Crippen LogP contribution in [-0.2, 0) is 15.9 Å². The van der Waals surface area contributed by atoms with Crippen LogP contribution in [0.3, 0.4) is 0 Å². The Morgan fingerprint density at radius 2 is 1.85 bits per heavy atom. The average Bonchev–Trinajstić information content (AvgIpc) is 2.98. The molecule has 1 aromatic heterocycles. The largest absolute Gasteiger partial charge is 0.503 e. The van der Waals surface area contributed by atoms with E-state index >= 15 is 0 Å². The minimum Gasteiger partial charge on any atom is -0.503 e. The number of aryl methyl sites for hydroxylation is 2. The molecule has 0 bridgehead atoms. The minimum atomic E-state index is -1.39. The number of aliphatic hydroxyl groups is 1. The number of hydrogen-bond acceptors (Lipinski definition) is 8. The highest BCUT2D eigenvalue weighted by Crippen LogP contribution is 2.29. The van der Waals surface area contributed by atoms with Crippen LogP contribution in [0.15, 0.2) is 66.9 Å². The maximum atomic E-state index is 12.9. The van der Waals surface area contributed by atoms with Crippen molar-refractivity contribution in [3.63, 3.8) is 0 Å². The van der Waals surface area contributed by atoms with Crippen molar-refractivity contribution in [2.75, 3.05) is 20.3 Å². The molecule has 1 amide bonds. The van der Waals surface area contributed by atoms with Gasteiger partial charge < -0.3 is 34.5 Å². The predicted octanol–water partition coefficient (Wildman–Crippen LogP) is 3.65. The standard InChI is InChI=1S/C30H36N2O7/c1-19-9-13-23(14-10-19)39-28-20(2)38-30(35)24(32-29(34)26-27(33)25(36-3)15-16-31-26)18-37-17-22(28)12-11-21-7-5-4-6-8-21/h4-10,13-16,20,22,24,28,30,33,35H,11-12,17-18H2,1-3H3,(H,32,34)/t20-,22-,24-,28-,30?/m0/s1. The molecule has 9 heteroatoms. The summed E-state index contributed by atoms with van der Waals surface area (Å²) in [6, 6.07) is 18.5. The van der Waals surface area contributed by atoms with Gasteiger partial charge in [0.2, 0.25) is 0 Å². The molecule has 0 spiro atoms. The number of aliphatic hydroxyl groups excluding tert-OH is 1. The summed E-state index contributed by atoms with van der Waals surface area (Å²) >= 11 is 0. The minimum absolute atomic E-state index is 0.0105. The number of carbonyl (C=O) groups excluding carboxylic acids is 1. The van der Waals surface area contributed by atoms with Gasteiger partial charge in [-0.15, -0.1) is 0 Å². The Hall–Kier alpha value is -3.66. The summed E-state index contributed by atoms with van der Waals surface area (Å²) in [6.07, 6.45) is 0.582. The SMILES string of the molecule is COc1ccnc(C(=O)N[C@H]2COC[C@H](CCc3ccccc3)[C@@H](Oc3ccc(C)cc3)[C@H](C)OC2O)c1O. The van der Waals surface area contributed by atoms with Crippen molar-refractivity contribution in [2.24, 2.45) is 5.92 Å². The quantitative estimate of drug-likeness (QED) is 0.399. The van der Waals surface area contributed by atoms with E-state index in [1.54, 1.807) is 0 Å². The molecule has 1 aliphatic heterocycles. The molecular weight excluding hydrogens is 500 g/mol. The van der Waals surface area contributed by atoms with Gasteiger partial charge in [-0.3, -0.25) is 4.79 Å². The number of nitrogens with one attached hydrogen (secondary N) is 1. The monoisotopic (exact) mass is 536 g/mol. The summed E-state index contributed by atoms with van der Waals surface area (Å²) in [4.78, 5) is 16.9. The Balaban J connectivity index is 1.52. The lowest BCUT2D eigenvalue weighted by Gasteiger charge is -2.32. The van der Waals surface area contributed by atoms with Crippen LogP contribution >= 0.6 is 0 Å². The third kappa shape index (κ3) is 7.47. The van der Waals surface area contributed by atoms with Crippen LogP contribution < -0.4 is 14.8 Å². The maximum absolute atomic E-state index is 12.9. The van der Waals surface area contributed by atoms with E-state index in [1.165, 1.54) is 24.9 Å². The summed E-state index contributed by atoms with van der Waals surface area (Å²) in [6.45, 7) is 4.18. The molecule has 1 aliphatic rings. The summed E-state index contributed by atoms with van der Waals surface area (Å²) in [5.41, 5.74) is 2.10. The van der Waals surface area contributed by atoms with Gasteiger partial charge in [0.15, 0.2) is 23.5 Å². The number of pyridine rings is 1. The van der Waals surface area contributed by atoms with Crippen LogP contribution in [0.1, 0.15) is 35.0 Å². The molecule has 39 heavy (non-hydrogen) atoms. The number of ether oxygens (including phenoxy) is 4. The molecule has 9 nitrogen and oxygen atoms in total. The van der Waals surface area contributed by atoms with Crippen molar-refractivity contribution in [1.82, 2.24) is 10.3 Å². The Morgan fingerprint density at radius 3 is 2.56 bits per heavy atom. The number of carbonyl (C=O) groups is 1. The number of aromatic nitrogens is 1. The van der Waals surface area contributed by atoms with Crippen LogP contribution in [-0.4, -0.2) is 66.0 Å². The van der Waals surface area contributed by atoms with Crippen LogP contribution in [0.25, 0.3) is 0 Å². The third-order valence-corrected chi connectivity index (χ3v) is 6.83. The molecular formula is C30H36N2O7. The molecule has 3 aromatic rings. The van der Waals surface area contributed by atoms with Gasteiger partial charge in [-0.2, -0.15) is 0 Å². The fourth-order valence-corrected chi connectivity index (χ4v) is 4.63. The van der Waals surface area contributed by atoms with E-state index in [0.717, 1.165) is 18.4 Å². The smallest absolute Gasteiger partial charge is 0.274 e. The summed E-state index contributed by atoms with van der Waals surface area (Å²) in [7, 11) is 1.38. The first-order valence-corrected chi connectivity index (χ1v) is 13.1. The highest BCUT2D eigenvalue weighted by Gasteiger charge is 2.36. The molecule has 2 heterocycles.